The molecule has 0 aliphatic heterocycles. The summed E-state index contributed by atoms with van der Waals surface area (Å²) in [6.45, 7) is 7.97. The fourth-order valence-corrected chi connectivity index (χ4v) is 2.31. The van der Waals surface area contributed by atoms with Gasteiger partial charge in [-0.05, 0) is 42.5 Å². The van der Waals surface area contributed by atoms with Crippen LogP contribution in [0.4, 0.5) is 0 Å². The summed E-state index contributed by atoms with van der Waals surface area (Å²) >= 11 is 0. The Kier molecular flexibility index (Phi) is 9.85. The van der Waals surface area contributed by atoms with Gasteiger partial charge in [-0.3, -0.25) is 4.79 Å². The molecule has 0 fully saturated rings. The van der Waals surface area contributed by atoms with Crippen LogP contribution in [0.25, 0.3) is 6.08 Å². The normalized spacial score (nSPS) is 12.3. The predicted octanol–water partition coefficient (Wildman–Crippen LogP) is 4.82. The molecular formula is C20H31NO2. The van der Waals surface area contributed by atoms with Gasteiger partial charge in [0.05, 0.1) is 6.61 Å². The van der Waals surface area contributed by atoms with Crippen molar-refractivity contribution in [2.45, 2.75) is 52.9 Å². The first-order chi connectivity index (χ1) is 11.2. The van der Waals surface area contributed by atoms with Crippen LogP contribution in [0.3, 0.4) is 0 Å². The zero-order valence-electron chi connectivity index (χ0n) is 14.8. The van der Waals surface area contributed by atoms with E-state index in [0.717, 1.165) is 37.3 Å². The molecule has 1 amide bonds. The molecular weight excluding hydrogens is 286 g/mol. The Morgan fingerprint density at radius 3 is 2.52 bits per heavy atom. The lowest BCUT2D eigenvalue weighted by molar-refractivity contribution is -0.116. The molecule has 0 spiro atoms. The van der Waals surface area contributed by atoms with Gasteiger partial charge in [0.1, 0.15) is 5.75 Å². The van der Waals surface area contributed by atoms with Crippen molar-refractivity contribution in [1.82, 2.24) is 5.32 Å². The molecule has 0 saturated heterocycles. The van der Waals surface area contributed by atoms with E-state index in [4.69, 9.17) is 4.74 Å². The Morgan fingerprint density at radius 2 is 1.91 bits per heavy atom. The lowest BCUT2D eigenvalue weighted by atomic mass is 9.99. The molecule has 1 N–H and O–H groups in total. The molecule has 0 aliphatic rings. The quantitative estimate of drug-likeness (QED) is 0.594. The van der Waals surface area contributed by atoms with E-state index in [1.54, 1.807) is 6.08 Å². The Labute approximate surface area is 141 Å². The largest absolute Gasteiger partial charge is 0.494 e. The van der Waals surface area contributed by atoms with Crippen molar-refractivity contribution >= 4 is 12.0 Å². The van der Waals surface area contributed by atoms with Crippen LogP contribution in [0.15, 0.2) is 30.3 Å². The smallest absolute Gasteiger partial charge is 0.244 e. The first-order valence-electron chi connectivity index (χ1n) is 8.88. The van der Waals surface area contributed by atoms with E-state index in [-0.39, 0.29) is 5.91 Å². The van der Waals surface area contributed by atoms with Gasteiger partial charge in [0.15, 0.2) is 0 Å². The number of carbonyl (C=O) groups is 1. The summed E-state index contributed by atoms with van der Waals surface area (Å²) in [6, 6.07) is 7.80. The molecule has 0 aromatic heterocycles. The van der Waals surface area contributed by atoms with E-state index in [9.17, 15) is 4.79 Å². The second-order valence-electron chi connectivity index (χ2n) is 5.91. The number of hydrogen-bond acceptors (Lipinski definition) is 2. The predicted molar refractivity (Wildman–Crippen MR) is 97.6 cm³/mol. The molecule has 0 bridgehead atoms. The van der Waals surface area contributed by atoms with E-state index in [1.807, 2.05) is 30.3 Å². The minimum absolute atomic E-state index is 0.0220. The number of rotatable bonds is 11. The molecule has 0 radical (unpaired) electrons. The van der Waals surface area contributed by atoms with Gasteiger partial charge in [0.25, 0.3) is 0 Å². The van der Waals surface area contributed by atoms with Gasteiger partial charge in [0.2, 0.25) is 5.91 Å². The zero-order chi connectivity index (χ0) is 16.9. The van der Waals surface area contributed by atoms with Gasteiger partial charge >= 0.3 is 0 Å². The number of ether oxygens (including phenoxy) is 1. The summed E-state index contributed by atoms with van der Waals surface area (Å²) in [5.74, 6) is 1.43. The average Bonchev–Trinajstić information content (AvgIpc) is 2.59. The van der Waals surface area contributed by atoms with Crippen molar-refractivity contribution in [2.24, 2.45) is 5.92 Å². The molecule has 0 saturated carbocycles. The Hall–Kier alpha value is -1.77. The molecule has 1 atom stereocenters. The number of unbranched alkanes of at least 4 members (excludes halogenated alkanes) is 1. The molecule has 128 valence electrons. The minimum atomic E-state index is -0.0220. The second kappa shape index (κ2) is 11.8. The highest BCUT2D eigenvalue weighted by molar-refractivity contribution is 5.91. The van der Waals surface area contributed by atoms with E-state index in [1.165, 1.54) is 19.3 Å². The lowest BCUT2D eigenvalue weighted by Crippen LogP contribution is -2.27. The molecule has 3 nitrogen and oxygen atoms in total. The van der Waals surface area contributed by atoms with Crippen molar-refractivity contribution in [3.8, 4) is 5.75 Å². The summed E-state index contributed by atoms with van der Waals surface area (Å²) in [4.78, 5) is 11.9. The maximum absolute atomic E-state index is 11.9. The van der Waals surface area contributed by atoms with Crippen molar-refractivity contribution in [3.63, 3.8) is 0 Å². The van der Waals surface area contributed by atoms with E-state index in [0.29, 0.717) is 5.92 Å². The standard InChI is InChI=1S/C20H31NO2/c1-4-7-8-17(6-3)16-21-20(22)14-11-18-9-12-19(13-10-18)23-15-5-2/h9-14,17H,4-8,15-16H2,1-3H3,(H,21,22)/b14-11+/t17-/m0/s1. The minimum Gasteiger partial charge on any atom is -0.494 e. The summed E-state index contributed by atoms with van der Waals surface area (Å²) in [5, 5.41) is 3.00. The summed E-state index contributed by atoms with van der Waals surface area (Å²) in [6.07, 6.45) is 9.19. The first kappa shape index (κ1) is 19.3. The Bertz CT molecular complexity index is 465. The number of carbonyl (C=O) groups excluding carboxylic acids is 1. The van der Waals surface area contributed by atoms with Gasteiger partial charge in [-0.25, -0.2) is 0 Å². The molecule has 0 unspecified atom stereocenters. The molecule has 0 aliphatic carbocycles. The highest BCUT2D eigenvalue weighted by atomic mass is 16.5. The number of nitrogens with one attached hydrogen (secondary N) is 1. The van der Waals surface area contributed by atoms with E-state index in [2.05, 4.69) is 26.1 Å². The molecule has 3 heteroatoms. The third-order valence-corrected chi connectivity index (χ3v) is 3.89. The molecule has 0 heterocycles. The van der Waals surface area contributed by atoms with Gasteiger partial charge in [-0.15, -0.1) is 0 Å². The molecule has 23 heavy (non-hydrogen) atoms. The molecule has 1 rings (SSSR count). The van der Waals surface area contributed by atoms with Crippen LogP contribution in [0.1, 0.15) is 58.4 Å². The van der Waals surface area contributed by atoms with Crippen LogP contribution in [0.5, 0.6) is 5.75 Å². The Morgan fingerprint density at radius 1 is 1.17 bits per heavy atom. The van der Waals surface area contributed by atoms with Crippen LogP contribution in [0.2, 0.25) is 0 Å². The van der Waals surface area contributed by atoms with E-state index >= 15 is 0 Å². The van der Waals surface area contributed by atoms with Gasteiger partial charge in [-0.2, -0.15) is 0 Å². The zero-order valence-corrected chi connectivity index (χ0v) is 14.8. The highest BCUT2D eigenvalue weighted by Gasteiger charge is 2.06. The average molecular weight is 317 g/mol. The Balaban J connectivity index is 2.39. The first-order valence-corrected chi connectivity index (χ1v) is 8.88. The summed E-state index contributed by atoms with van der Waals surface area (Å²) < 4.78 is 5.54. The topological polar surface area (TPSA) is 38.3 Å². The third-order valence-electron chi connectivity index (χ3n) is 3.89. The van der Waals surface area contributed by atoms with Crippen molar-refractivity contribution in [2.75, 3.05) is 13.2 Å². The van der Waals surface area contributed by atoms with Crippen LogP contribution in [-0.2, 0) is 4.79 Å². The summed E-state index contributed by atoms with van der Waals surface area (Å²) in [7, 11) is 0. The maximum Gasteiger partial charge on any atom is 0.244 e. The highest BCUT2D eigenvalue weighted by Crippen LogP contribution is 2.14. The van der Waals surface area contributed by atoms with Crippen molar-refractivity contribution in [3.05, 3.63) is 35.9 Å². The maximum atomic E-state index is 11.9. The van der Waals surface area contributed by atoms with Crippen LogP contribution in [-0.4, -0.2) is 19.1 Å². The molecule has 1 aromatic rings. The fourth-order valence-electron chi connectivity index (χ4n) is 2.31. The monoisotopic (exact) mass is 317 g/mol. The number of amides is 1. The fraction of sp³-hybridized carbons (Fsp3) is 0.550. The van der Waals surface area contributed by atoms with Crippen molar-refractivity contribution < 1.29 is 9.53 Å². The van der Waals surface area contributed by atoms with Gasteiger partial charge < -0.3 is 10.1 Å². The third kappa shape index (κ3) is 8.44. The van der Waals surface area contributed by atoms with E-state index < -0.39 is 0 Å². The van der Waals surface area contributed by atoms with Crippen LogP contribution >= 0.6 is 0 Å². The number of hydrogen-bond donors (Lipinski definition) is 1. The van der Waals surface area contributed by atoms with Crippen LogP contribution < -0.4 is 10.1 Å². The number of benzene rings is 1. The summed E-state index contributed by atoms with van der Waals surface area (Å²) in [5.41, 5.74) is 1.00. The second-order valence-corrected chi connectivity index (χ2v) is 5.91. The van der Waals surface area contributed by atoms with Crippen LogP contribution in [0, 0.1) is 5.92 Å². The lowest BCUT2D eigenvalue weighted by Gasteiger charge is -2.14. The van der Waals surface area contributed by atoms with Gasteiger partial charge in [0, 0.05) is 12.6 Å². The SMILES string of the molecule is CCCC[C@H](CC)CNC(=O)/C=C/c1ccc(OCCC)cc1. The van der Waals surface area contributed by atoms with Gasteiger partial charge in [-0.1, -0.05) is 52.2 Å². The molecule has 1 aromatic carbocycles. The van der Waals surface area contributed by atoms with Crippen molar-refractivity contribution in [1.29, 1.82) is 0 Å².